The smallest absolute Gasteiger partial charge is 0.261 e. The standard InChI is InChI=1S/C24H33N3O4S2/c1-5-6-7-10-17-31-21-12-9-8-11-20(21)22(28)26-23(32)25-18-13-15-19(16-14-18)33(29,30)27-24(2,3)4/h8-9,11-16,27H,5-7,10,17H2,1-4H3,(H2,25,26,28,32). The lowest BCUT2D eigenvalue weighted by molar-refractivity contribution is 0.0973. The summed E-state index contributed by atoms with van der Waals surface area (Å²) in [4.78, 5) is 12.9. The number of thiocarbonyl (C=S) groups is 1. The molecular weight excluding hydrogens is 458 g/mol. The van der Waals surface area contributed by atoms with E-state index in [9.17, 15) is 13.2 Å². The van der Waals surface area contributed by atoms with Crippen LogP contribution in [0.3, 0.4) is 0 Å². The summed E-state index contributed by atoms with van der Waals surface area (Å²) >= 11 is 5.25. The molecule has 0 aromatic heterocycles. The third-order valence-corrected chi connectivity index (χ3v) is 6.46. The van der Waals surface area contributed by atoms with Gasteiger partial charge in [-0.3, -0.25) is 10.1 Å². The monoisotopic (exact) mass is 491 g/mol. The zero-order valence-corrected chi connectivity index (χ0v) is 21.2. The Bertz CT molecular complexity index is 1050. The second-order valence-electron chi connectivity index (χ2n) is 8.69. The van der Waals surface area contributed by atoms with Crippen molar-refractivity contribution < 1.29 is 17.9 Å². The summed E-state index contributed by atoms with van der Waals surface area (Å²) in [5, 5.41) is 5.64. The molecule has 3 N–H and O–H groups in total. The van der Waals surface area contributed by atoms with Crippen LogP contribution < -0.4 is 20.1 Å². The third-order valence-electron chi connectivity index (χ3n) is 4.48. The summed E-state index contributed by atoms with van der Waals surface area (Å²) < 4.78 is 33.2. The van der Waals surface area contributed by atoms with Crippen LogP contribution in [0, 0.1) is 0 Å². The summed E-state index contributed by atoms with van der Waals surface area (Å²) in [5.74, 6) is 0.125. The molecule has 9 heteroatoms. The molecule has 0 unspecified atom stereocenters. The molecule has 0 bridgehead atoms. The molecule has 0 atom stereocenters. The lowest BCUT2D eigenvalue weighted by Crippen LogP contribution is -2.40. The van der Waals surface area contributed by atoms with Crippen molar-refractivity contribution in [3.63, 3.8) is 0 Å². The normalized spacial score (nSPS) is 11.6. The number of anilines is 1. The van der Waals surface area contributed by atoms with Crippen LogP contribution in [-0.2, 0) is 10.0 Å². The van der Waals surface area contributed by atoms with E-state index in [1.807, 2.05) is 6.07 Å². The van der Waals surface area contributed by atoms with E-state index in [2.05, 4.69) is 22.3 Å². The molecule has 180 valence electrons. The molecule has 0 saturated heterocycles. The van der Waals surface area contributed by atoms with Gasteiger partial charge < -0.3 is 10.1 Å². The van der Waals surface area contributed by atoms with E-state index in [0.717, 1.165) is 25.7 Å². The predicted octanol–water partition coefficient (Wildman–Crippen LogP) is 4.85. The molecule has 0 aliphatic carbocycles. The highest BCUT2D eigenvalue weighted by Gasteiger charge is 2.22. The first-order chi connectivity index (χ1) is 15.5. The molecule has 0 spiro atoms. The first kappa shape index (κ1) is 26.8. The number of carbonyl (C=O) groups excluding carboxylic acids is 1. The van der Waals surface area contributed by atoms with Gasteiger partial charge >= 0.3 is 0 Å². The Hall–Kier alpha value is -2.49. The maximum atomic E-state index is 12.7. The predicted molar refractivity (Wildman–Crippen MR) is 136 cm³/mol. The number of hydrogen-bond acceptors (Lipinski definition) is 5. The maximum absolute atomic E-state index is 12.7. The van der Waals surface area contributed by atoms with Gasteiger partial charge in [0.25, 0.3) is 5.91 Å². The lowest BCUT2D eigenvalue weighted by atomic mass is 10.1. The molecule has 0 fully saturated rings. The molecule has 0 aliphatic heterocycles. The molecule has 2 aromatic carbocycles. The number of para-hydroxylation sites is 1. The first-order valence-electron chi connectivity index (χ1n) is 11.0. The van der Waals surface area contributed by atoms with Crippen LogP contribution in [0.2, 0.25) is 0 Å². The summed E-state index contributed by atoms with van der Waals surface area (Å²) in [6.45, 7) is 8.02. The average Bonchev–Trinajstić information content (AvgIpc) is 2.72. The number of benzene rings is 2. The van der Waals surface area contributed by atoms with Crippen LogP contribution in [-0.4, -0.2) is 31.6 Å². The van der Waals surface area contributed by atoms with Crippen LogP contribution in [0.5, 0.6) is 5.75 Å². The van der Waals surface area contributed by atoms with Crippen molar-refractivity contribution in [3.05, 3.63) is 54.1 Å². The van der Waals surface area contributed by atoms with Crippen molar-refractivity contribution in [3.8, 4) is 5.75 Å². The van der Waals surface area contributed by atoms with E-state index in [-0.39, 0.29) is 15.9 Å². The Labute approximate surface area is 202 Å². The molecule has 7 nitrogen and oxygen atoms in total. The van der Waals surface area contributed by atoms with Gasteiger partial charge in [0.1, 0.15) is 5.75 Å². The van der Waals surface area contributed by atoms with Gasteiger partial charge in [-0.15, -0.1) is 0 Å². The minimum Gasteiger partial charge on any atom is -0.493 e. The summed E-state index contributed by atoms with van der Waals surface area (Å²) in [7, 11) is -3.63. The molecule has 2 aromatic rings. The second kappa shape index (κ2) is 12.1. The Balaban J connectivity index is 1.96. The van der Waals surface area contributed by atoms with Crippen molar-refractivity contribution in [2.24, 2.45) is 0 Å². The molecule has 0 aliphatic rings. The minimum atomic E-state index is -3.63. The zero-order valence-electron chi connectivity index (χ0n) is 19.6. The van der Waals surface area contributed by atoms with E-state index >= 15 is 0 Å². The fourth-order valence-corrected chi connectivity index (χ4v) is 4.63. The van der Waals surface area contributed by atoms with Crippen LogP contribution in [0.15, 0.2) is 53.4 Å². The Morgan fingerprint density at radius 2 is 1.67 bits per heavy atom. The summed E-state index contributed by atoms with van der Waals surface area (Å²) in [5.41, 5.74) is 0.360. The zero-order chi connectivity index (χ0) is 24.5. The third kappa shape index (κ3) is 9.11. The summed E-state index contributed by atoms with van der Waals surface area (Å²) in [6, 6.07) is 13.1. The fourth-order valence-electron chi connectivity index (χ4n) is 3.00. The number of amides is 1. The van der Waals surface area contributed by atoms with Crippen LogP contribution in [0.4, 0.5) is 5.69 Å². The number of nitrogens with one attached hydrogen (secondary N) is 3. The Morgan fingerprint density at radius 1 is 1.00 bits per heavy atom. The van der Waals surface area contributed by atoms with E-state index in [1.165, 1.54) is 12.1 Å². The quantitative estimate of drug-likeness (QED) is 0.325. The van der Waals surface area contributed by atoms with Gasteiger partial charge in [-0.2, -0.15) is 0 Å². The van der Waals surface area contributed by atoms with Crippen LogP contribution in [0.1, 0.15) is 63.7 Å². The molecule has 2 rings (SSSR count). The Morgan fingerprint density at radius 3 is 2.30 bits per heavy atom. The fraction of sp³-hybridized carbons (Fsp3) is 0.417. The maximum Gasteiger partial charge on any atom is 0.261 e. The first-order valence-corrected chi connectivity index (χ1v) is 12.9. The summed E-state index contributed by atoms with van der Waals surface area (Å²) in [6.07, 6.45) is 4.33. The van der Waals surface area contributed by atoms with Gasteiger partial charge in [0.15, 0.2) is 5.11 Å². The van der Waals surface area contributed by atoms with Crippen molar-refractivity contribution in [1.29, 1.82) is 0 Å². The van der Waals surface area contributed by atoms with Gasteiger partial charge in [-0.25, -0.2) is 13.1 Å². The van der Waals surface area contributed by atoms with Gasteiger partial charge in [0.2, 0.25) is 10.0 Å². The van der Waals surface area contributed by atoms with Crippen LogP contribution in [0.25, 0.3) is 0 Å². The highest BCUT2D eigenvalue weighted by Crippen LogP contribution is 2.19. The molecule has 0 saturated carbocycles. The largest absolute Gasteiger partial charge is 0.493 e. The molecular formula is C24H33N3O4S2. The number of carbonyl (C=O) groups is 1. The molecule has 0 heterocycles. The van der Waals surface area contributed by atoms with E-state index < -0.39 is 15.6 Å². The number of rotatable bonds is 10. The highest BCUT2D eigenvalue weighted by atomic mass is 32.2. The molecule has 33 heavy (non-hydrogen) atoms. The number of hydrogen-bond donors (Lipinski definition) is 3. The number of sulfonamides is 1. The van der Waals surface area contributed by atoms with Gasteiger partial charge in [-0.05, 0) is 75.8 Å². The molecule has 1 amide bonds. The second-order valence-corrected chi connectivity index (χ2v) is 10.8. The average molecular weight is 492 g/mol. The van der Waals surface area contributed by atoms with E-state index in [0.29, 0.717) is 23.6 Å². The number of unbranched alkanes of at least 4 members (excludes halogenated alkanes) is 3. The van der Waals surface area contributed by atoms with E-state index in [1.54, 1.807) is 51.1 Å². The topological polar surface area (TPSA) is 96.5 Å². The number of ether oxygens (including phenoxy) is 1. The van der Waals surface area contributed by atoms with Crippen molar-refractivity contribution >= 4 is 38.9 Å². The lowest BCUT2D eigenvalue weighted by Gasteiger charge is -2.20. The van der Waals surface area contributed by atoms with E-state index in [4.69, 9.17) is 17.0 Å². The SMILES string of the molecule is CCCCCCOc1ccccc1C(=O)NC(=S)Nc1ccc(S(=O)(=O)NC(C)(C)C)cc1. The van der Waals surface area contributed by atoms with Gasteiger partial charge in [-0.1, -0.05) is 38.3 Å². The Kier molecular flexibility index (Phi) is 9.82. The van der Waals surface area contributed by atoms with Crippen molar-refractivity contribution in [1.82, 2.24) is 10.0 Å². The van der Waals surface area contributed by atoms with Gasteiger partial charge in [0, 0.05) is 11.2 Å². The van der Waals surface area contributed by atoms with Crippen LogP contribution >= 0.6 is 12.2 Å². The van der Waals surface area contributed by atoms with Crippen molar-refractivity contribution in [2.45, 2.75) is 63.8 Å². The highest BCUT2D eigenvalue weighted by molar-refractivity contribution is 7.89. The minimum absolute atomic E-state index is 0.0983. The molecule has 0 radical (unpaired) electrons. The van der Waals surface area contributed by atoms with Gasteiger partial charge in [0.05, 0.1) is 17.1 Å². The van der Waals surface area contributed by atoms with Crippen molar-refractivity contribution in [2.75, 3.05) is 11.9 Å².